The Hall–Kier alpha value is -1.33. The van der Waals surface area contributed by atoms with Gasteiger partial charge in [0.2, 0.25) is 5.91 Å². The average Bonchev–Trinajstić information content (AvgIpc) is 3.26. The summed E-state index contributed by atoms with van der Waals surface area (Å²) in [5, 5.41) is 54.2. The molecule has 0 spiro atoms. The summed E-state index contributed by atoms with van der Waals surface area (Å²) in [7, 11) is 0. The lowest BCUT2D eigenvalue weighted by molar-refractivity contribution is -0.302. The van der Waals surface area contributed by atoms with Gasteiger partial charge in [-0.3, -0.25) is 4.79 Å². The molecule has 0 bridgehead atoms. The minimum atomic E-state index is -1.56. The van der Waals surface area contributed by atoms with Gasteiger partial charge in [0.1, 0.15) is 24.4 Å². The highest BCUT2D eigenvalue weighted by molar-refractivity contribution is 5.76. The van der Waals surface area contributed by atoms with E-state index in [1.807, 2.05) is 6.08 Å². The number of carbonyl (C=O) groups excluding carboxylic acids is 1. The Balaban J connectivity index is 2.17. The number of aliphatic hydroxyl groups is 5. The van der Waals surface area contributed by atoms with Gasteiger partial charge in [-0.1, -0.05) is 218 Å². The fourth-order valence-corrected chi connectivity index (χ4v) is 8.33. The van der Waals surface area contributed by atoms with Crippen molar-refractivity contribution in [1.29, 1.82) is 0 Å². The summed E-state index contributed by atoms with van der Waals surface area (Å²) in [6.07, 6.45) is 45.3. The van der Waals surface area contributed by atoms with Crippen molar-refractivity contribution in [3.63, 3.8) is 0 Å². The zero-order valence-electron chi connectivity index (χ0n) is 39.7. The van der Waals surface area contributed by atoms with Crippen molar-refractivity contribution in [3.8, 4) is 0 Å². The van der Waals surface area contributed by atoms with Crippen LogP contribution in [0.5, 0.6) is 0 Å². The number of nitrogens with one attached hydrogen (secondary N) is 1. The average molecular weight is 866 g/mol. The van der Waals surface area contributed by atoms with Crippen LogP contribution < -0.4 is 5.32 Å². The molecule has 1 aliphatic heterocycles. The normalized spacial score (nSPS) is 20.5. The molecule has 7 unspecified atom stereocenters. The molecule has 1 aliphatic rings. The summed E-state index contributed by atoms with van der Waals surface area (Å²) in [4.78, 5) is 13.0. The Morgan fingerprint density at radius 2 is 0.918 bits per heavy atom. The highest BCUT2D eigenvalue weighted by Gasteiger charge is 2.44. The van der Waals surface area contributed by atoms with Gasteiger partial charge in [0.05, 0.1) is 25.4 Å². The van der Waals surface area contributed by atoms with E-state index in [1.165, 1.54) is 186 Å². The van der Waals surface area contributed by atoms with E-state index in [0.717, 1.165) is 38.5 Å². The summed E-state index contributed by atoms with van der Waals surface area (Å²) in [5.74, 6) is -0.175. The first-order valence-electron chi connectivity index (χ1n) is 26.1. The molecule has 1 rings (SSSR count). The highest BCUT2D eigenvalue weighted by atomic mass is 16.7. The number of allylic oxidation sites excluding steroid dienone is 3. The predicted octanol–water partition coefficient (Wildman–Crippen LogP) is 11.8. The van der Waals surface area contributed by atoms with E-state index in [9.17, 15) is 30.3 Å². The number of hydrogen-bond donors (Lipinski definition) is 6. The predicted molar refractivity (Wildman–Crippen MR) is 253 cm³/mol. The van der Waals surface area contributed by atoms with Gasteiger partial charge in [-0.15, -0.1) is 0 Å². The van der Waals surface area contributed by atoms with E-state index in [0.29, 0.717) is 6.42 Å². The quantitative estimate of drug-likeness (QED) is 0.0262. The van der Waals surface area contributed by atoms with Crippen LogP contribution in [-0.4, -0.2) is 87.5 Å². The fraction of sp³-hybridized carbons (Fsp3) is 0.904. The van der Waals surface area contributed by atoms with Crippen LogP contribution in [0.15, 0.2) is 24.3 Å². The van der Waals surface area contributed by atoms with Crippen LogP contribution in [0.4, 0.5) is 0 Å². The molecule has 1 saturated heterocycles. The third-order valence-electron chi connectivity index (χ3n) is 12.5. The van der Waals surface area contributed by atoms with E-state index < -0.39 is 49.5 Å². The summed E-state index contributed by atoms with van der Waals surface area (Å²) in [6.45, 7) is 3.77. The second-order valence-corrected chi connectivity index (χ2v) is 18.3. The molecule has 0 aliphatic carbocycles. The van der Waals surface area contributed by atoms with Crippen LogP contribution in [0.3, 0.4) is 0 Å². The molecule has 1 fully saturated rings. The summed E-state index contributed by atoms with van der Waals surface area (Å²) in [5.41, 5.74) is 0. The topological polar surface area (TPSA) is 149 Å². The number of aliphatic hydroxyl groups excluding tert-OH is 5. The van der Waals surface area contributed by atoms with E-state index in [4.69, 9.17) is 9.47 Å². The van der Waals surface area contributed by atoms with Crippen molar-refractivity contribution in [2.45, 2.75) is 288 Å². The maximum atomic E-state index is 13.0. The molecular weight excluding hydrogens is 767 g/mol. The molecule has 9 nitrogen and oxygen atoms in total. The van der Waals surface area contributed by atoms with Crippen molar-refractivity contribution in [2.75, 3.05) is 13.2 Å². The van der Waals surface area contributed by atoms with Crippen LogP contribution in [0.1, 0.15) is 245 Å². The van der Waals surface area contributed by atoms with Gasteiger partial charge in [-0.2, -0.15) is 0 Å². The number of carbonyl (C=O) groups is 1. The second kappa shape index (κ2) is 42.6. The molecule has 1 amide bonds. The SMILES string of the molecule is CCCCCCCCCC/C=C\CCCCCCCCCCCCCCCCCC(=O)NC(COC1OC(CO)C(O)C(O)C1O)C(O)/C=C/CCCCCCCCCCC. The summed E-state index contributed by atoms with van der Waals surface area (Å²) in [6, 6.07) is -0.800. The Bertz CT molecular complexity index is 1010. The molecule has 9 heteroatoms. The third kappa shape index (κ3) is 32.9. The van der Waals surface area contributed by atoms with Crippen LogP contribution in [0, 0.1) is 0 Å². The van der Waals surface area contributed by atoms with Crippen molar-refractivity contribution in [2.24, 2.45) is 0 Å². The third-order valence-corrected chi connectivity index (χ3v) is 12.5. The highest BCUT2D eigenvalue weighted by Crippen LogP contribution is 2.23. The number of amides is 1. The molecular formula is C52H99NO8. The van der Waals surface area contributed by atoms with Gasteiger partial charge in [0.15, 0.2) is 6.29 Å². The van der Waals surface area contributed by atoms with Crippen molar-refractivity contribution < 1.29 is 39.8 Å². The maximum Gasteiger partial charge on any atom is 0.220 e. The van der Waals surface area contributed by atoms with Crippen LogP contribution in [0.25, 0.3) is 0 Å². The minimum absolute atomic E-state index is 0.175. The van der Waals surface area contributed by atoms with Crippen molar-refractivity contribution >= 4 is 5.91 Å². The van der Waals surface area contributed by atoms with Crippen molar-refractivity contribution in [1.82, 2.24) is 5.32 Å². The first-order chi connectivity index (χ1) is 29.8. The second-order valence-electron chi connectivity index (χ2n) is 18.3. The van der Waals surface area contributed by atoms with Crippen LogP contribution in [-0.2, 0) is 14.3 Å². The monoisotopic (exact) mass is 866 g/mol. The number of rotatable bonds is 44. The first kappa shape index (κ1) is 57.7. The molecule has 0 radical (unpaired) electrons. The molecule has 6 N–H and O–H groups in total. The number of unbranched alkanes of at least 4 members (excludes halogenated alkanes) is 32. The fourth-order valence-electron chi connectivity index (χ4n) is 8.33. The minimum Gasteiger partial charge on any atom is -0.394 e. The van der Waals surface area contributed by atoms with Gasteiger partial charge in [-0.25, -0.2) is 0 Å². The molecule has 1 heterocycles. The van der Waals surface area contributed by atoms with Gasteiger partial charge >= 0.3 is 0 Å². The van der Waals surface area contributed by atoms with Gasteiger partial charge < -0.3 is 40.3 Å². The van der Waals surface area contributed by atoms with Crippen LogP contribution >= 0.6 is 0 Å². The molecule has 0 aromatic carbocycles. The lowest BCUT2D eigenvalue weighted by Crippen LogP contribution is -2.60. The standard InChI is InChI=1S/C52H99NO8/c1-3-5-7-9-11-13-15-16-17-18-19-20-21-22-23-24-25-26-27-28-29-30-32-34-36-38-40-42-48(56)53-45(44-60-52-51(59)50(58)49(57)47(43-54)61-52)46(55)41-39-37-35-33-31-14-12-10-8-6-4-2/h18-19,39,41,45-47,49-52,54-55,57-59H,3-17,20-38,40,42-44H2,1-2H3,(H,53,56)/b19-18-,41-39+. The van der Waals surface area contributed by atoms with E-state index >= 15 is 0 Å². The molecule has 7 atom stereocenters. The van der Waals surface area contributed by atoms with Gasteiger partial charge in [-0.05, 0) is 44.9 Å². The van der Waals surface area contributed by atoms with Gasteiger partial charge in [0.25, 0.3) is 0 Å². The van der Waals surface area contributed by atoms with Crippen molar-refractivity contribution in [3.05, 3.63) is 24.3 Å². The van der Waals surface area contributed by atoms with Gasteiger partial charge in [0, 0.05) is 6.42 Å². The van der Waals surface area contributed by atoms with E-state index in [1.54, 1.807) is 6.08 Å². The van der Waals surface area contributed by atoms with Crippen LogP contribution in [0.2, 0.25) is 0 Å². The van der Waals surface area contributed by atoms with E-state index in [-0.39, 0.29) is 12.5 Å². The smallest absolute Gasteiger partial charge is 0.220 e. The Morgan fingerprint density at radius 1 is 0.541 bits per heavy atom. The Labute approximate surface area is 375 Å². The first-order valence-corrected chi connectivity index (χ1v) is 26.1. The summed E-state index contributed by atoms with van der Waals surface area (Å²) >= 11 is 0. The molecule has 0 aromatic rings. The van der Waals surface area contributed by atoms with E-state index in [2.05, 4.69) is 31.3 Å². The summed E-state index contributed by atoms with van der Waals surface area (Å²) < 4.78 is 11.2. The maximum absolute atomic E-state index is 13.0. The molecule has 0 aromatic heterocycles. The Kier molecular flexibility index (Phi) is 40.3. The zero-order valence-corrected chi connectivity index (χ0v) is 39.7. The largest absolute Gasteiger partial charge is 0.394 e. The molecule has 360 valence electrons. The lowest BCUT2D eigenvalue weighted by atomic mass is 9.99. The lowest BCUT2D eigenvalue weighted by Gasteiger charge is -2.40. The Morgan fingerprint density at radius 3 is 1.33 bits per heavy atom. The molecule has 0 saturated carbocycles. The number of ether oxygens (including phenoxy) is 2. The molecule has 61 heavy (non-hydrogen) atoms. The number of hydrogen-bond acceptors (Lipinski definition) is 8. The zero-order chi connectivity index (χ0) is 44.4.